The topological polar surface area (TPSA) is 101 Å². The lowest BCUT2D eigenvalue weighted by Gasteiger charge is -2.11. The predicted molar refractivity (Wildman–Crippen MR) is 65.9 cm³/mol. The number of halogens is 1. The Morgan fingerprint density at radius 3 is 2.53 bits per heavy atom. The Hall–Kier alpha value is -1.74. The van der Waals surface area contributed by atoms with Crippen molar-refractivity contribution in [3.05, 3.63) is 28.1 Å². The molecule has 2 rings (SSSR count). The van der Waals surface area contributed by atoms with Gasteiger partial charge in [0.15, 0.2) is 5.82 Å². The molecule has 0 aliphatic heterocycles. The van der Waals surface area contributed by atoms with Gasteiger partial charge in [0.1, 0.15) is 4.90 Å². The van der Waals surface area contributed by atoms with E-state index < -0.39 is 31.3 Å². The maximum Gasteiger partial charge on any atom is 0.274 e. The fourth-order valence-corrected chi connectivity index (χ4v) is 3.18. The lowest BCUT2D eigenvalue weighted by molar-refractivity contribution is -0.385. The molecule has 1 aromatic rings. The van der Waals surface area contributed by atoms with Gasteiger partial charge in [-0.15, -0.1) is 0 Å². The summed E-state index contributed by atoms with van der Waals surface area (Å²) in [6.07, 6.45) is 1.42. The van der Waals surface area contributed by atoms with E-state index in [9.17, 15) is 22.9 Å². The van der Waals surface area contributed by atoms with Crippen molar-refractivity contribution in [3.63, 3.8) is 0 Å². The number of benzene rings is 1. The molecule has 0 saturated heterocycles. The van der Waals surface area contributed by atoms with Crippen molar-refractivity contribution in [3.8, 4) is 0 Å². The molecule has 9 heteroatoms. The highest BCUT2D eigenvalue weighted by Crippen LogP contribution is 2.31. The number of anilines is 1. The zero-order chi connectivity index (χ0) is 14.2. The van der Waals surface area contributed by atoms with Crippen LogP contribution in [-0.4, -0.2) is 26.4 Å². The van der Waals surface area contributed by atoms with E-state index in [1.807, 2.05) is 0 Å². The summed E-state index contributed by atoms with van der Waals surface area (Å²) < 4.78 is 40.2. The molecule has 0 amide bonds. The molecule has 1 aromatic carbocycles. The summed E-state index contributed by atoms with van der Waals surface area (Å²) in [6.45, 7) is 0. The summed E-state index contributed by atoms with van der Waals surface area (Å²) in [4.78, 5) is 9.24. The minimum absolute atomic E-state index is 0.139. The van der Waals surface area contributed by atoms with Gasteiger partial charge in [0.2, 0.25) is 10.0 Å². The van der Waals surface area contributed by atoms with Gasteiger partial charge in [0.25, 0.3) is 5.69 Å². The highest BCUT2D eigenvalue weighted by Gasteiger charge is 2.32. The van der Waals surface area contributed by atoms with E-state index in [1.54, 1.807) is 0 Å². The van der Waals surface area contributed by atoms with Crippen molar-refractivity contribution in [1.82, 2.24) is 4.72 Å². The van der Waals surface area contributed by atoms with Crippen LogP contribution >= 0.6 is 0 Å². The van der Waals surface area contributed by atoms with Crippen LogP contribution in [0.25, 0.3) is 0 Å². The summed E-state index contributed by atoms with van der Waals surface area (Å²) in [5.41, 5.74) is -0.646. The number of nitro benzene ring substituents is 1. The minimum Gasteiger partial charge on any atom is -0.387 e. The molecule has 1 aliphatic rings. The Balaban J connectivity index is 2.52. The number of sulfonamides is 1. The molecule has 1 fully saturated rings. The average Bonchev–Trinajstić information content (AvgIpc) is 3.10. The van der Waals surface area contributed by atoms with E-state index in [1.165, 1.54) is 7.05 Å². The zero-order valence-corrected chi connectivity index (χ0v) is 10.8. The van der Waals surface area contributed by atoms with Crippen LogP contribution in [0, 0.1) is 15.9 Å². The molecular formula is C10H12FN3O4S. The van der Waals surface area contributed by atoms with Crippen LogP contribution in [0.2, 0.25) is 0 Å². The quantitative estimate of drug-likeness (QED) is 0.627. The first-order chi connectivity index (χ1) is 8.85. The fraction of sp³-hybridized carbons (Fsp3) is 0.400. The Kier molecular flexibility index (Phi) is 3.42. The van der Waals surface area contributed by atoms with Crippen LogP contribution in [0.4, 0.5) is 15.8 Å². The molecule has 0 bridgehead atoms. The fourth-order valence-electron chi connectivity index (χ4n) is 1.62. The molecule has 0 heterocycles. The summed E-state index contributed by atoms with van der Waals surface area (Å²) >= 11 is 0. The second kappa shape index (κ2) is 4.74. The molecule has 0 atom stereocenters. The van der Waals surface area contributed by atoms with Crippen LogP contribution in [0.1, 0.15) is 12.8 Å². The van der Waals surface area contributed by atoms with E-state index >= 15 is 0 Å². The van der Waals surface area contributed by atoms with Crippen molar-refractivity contribution in [2.45, 2.75) is 23.8 Å². The van der Waals surface area contributed by atoms with Gasteiger partial charge >= 0.3 is 0 Å². The number of non-ortho nitro benzene ring substituents is 1. The first kappa shape index (κ1) is 13.7. The predicted octanol–water partition coefficient (Wildman–Crippen LogP) is 1.22. The SMILES string of the molecule is CNc1cc([N+](=O)[O-])cc(F)c1S(=O)(=O)NC1CC1. The summed E-state index contributed by atoms with van der Waals surface area (Å²) in [5, 5.41) is 13.1. The number of nitrogens with zero attached hydrogens (tertiary/aromatic N) is 1. The summed E-state index contributed by atoms with van der Waals surface area (Å²) in [5.74, 6) is -1.15. The number of rotatable bonds is 5. The molecule has 0 radical (unpaired) electrons. The van der Waals surface area contributed by atoms with E-state index in [2.05, 4.69) is 10.0 Å². The third-order valence-corrected chi connectivity index (χ3v) is 4.27. The van der Waals surface area contributed by atoms with Crippen LogP contribution in [-0.2, 0) is 10.0 Å². The van der Waals surface area contributed by atoms with Gasteiger partial charge in [-0.25, -0.2) is 17.5 Å². The van der Waals surface area contributed by atoms with E-state index in [0.29, 0.717) is 18.9 Å². The van der Waals surface area contributed by atoms with Crippen LogP contribution in [0.15, 0.2) is 17.0 Å². The van der Waals surface area contributed by atoms with Crippen LogP contribution in [0.3, 0.4) is 0 Å². The zero-order valence-electron chi connectivity index (χ0n) is 10.0. The van der Waals surface area contributed by atoms with Gasteiger partial charge in [-0.2, -0.15) is 0 Å². The molecule has 7 nitrogen and oxygen atoms in total. The summed E-state index contributed by atoms with van der Waals surface area (Å²) in [7, 11) is -2.65. The normalized spacial score (nSPS) is 15.3. The first-order valence-electron chi connectivity index (χ1n) is 5.53. The number of nitro groups is 1. The standard InChI is InChI=1S/C10H12FN3O4S/c1-12-9-5-7(14(15)16)4-8(11)10(9)19(17,18)13-6-2-3-6/h4-6,12-13H,2-3H2,1H3. The minimum atomic E-state index is -4.02. The van der Waals surface area contributed by atoms with Crippen molar-refractivity contribution in [2.75, 3.05) is 12.4 Å². The Bertz CT molecular complexity index is 628. The molecule has 0 aromatic heterocycles. The molecular weight excluding hydrogens is 277 g/mol. The molecule has 19 heavy (non-hydrogen) atoms. The maximum absolute atomic E-state index is 13.9. The lowest BCUT2D eigenvalue weighted by Crippen LogP contribution is -2.27. The van der Waals surface area contributed by atoms with Gasteiger partial charge in [-0.05, 0) is 12.8 Å². The third-order valence-electron chi connectivity index (χ3n) is 2.68. The van der Waals surface area contributed by atoms with Crippen molar-refractivity contribution in [1.29, 1.82) is 0 Å². The number of nitrogens with one attached hydrogen (secondary N) is 2. The van der Waals surface area contributed by atoms with Crippen LogP contribution < -0.4 is 10.0 Å². The van der Waals surface area contributed by atoms with Crippen molar-refractivity contribution < 1.29 is 17.7 Å². The average molecular weight is 289 g/mol. The Morgan fingerprint density at radius 2 is 2.05 bits per heavy atom. The largest absolute Gasteiger partial charge is 0.387 e. The lowest BCUT2D eigenvalue weighted by atomic mass is 10.2. The van der Waals surface area contributed by atoms with Crippen LogP contribution in [0.5, 0.6) is 0 Å². The van der Waals surface area contributed by atoms with E-state index in [0.717, 1.165) is 6.07 Å². The number of hydrogen-bond donors (Lipinski definition) is 2. The van der Waals surface area contributed by atoms with Gasteiger partial charge in [0.05, 0.1) is 16.7 Å². The molecule has 1 saturated carbocycles. The number of hydrogen-bond acceptors (Lipinski definition) is 5. The van der Waals surface area contributed by atoms with Gasteiger partial charge in [0, 0.05) is 19.2 Å². The van der Waals surface area contributed by atoms with Gasteiger partial charge in [-0.3, -0.25) is 10.1 Å². The van der Waals surface area contributed by atoms with Gasteiger partial charge < -0.3 is 5.32 Å². The molecule has 2 N–H and O–H groups in total. The molecule has 0 spiro atoms. The summed E-state index contributed by atoms with van der Waals surface area (Å²) in [6, 6.07) is 1.41. The second-order valence-corrected chi connectivity index (χ2v) is 5.86. The molecule has 104 valence electrons. The second-order valence-electron chi connectivity index (χ2n) is 4.21. The van der Waals surface area contributed by atoms with Crippen molar-refractivity contribution in [2.24, 2.45) is 0 Å². The maximum atomic E-state index is 13.9. The van der Waals surface area contributed by atoms with E-state index in [4.69, 9.17) is 0 Å². The smallest absolute Gasteiger partial charge is 0.274 e. The Morgan fingerprint density at radius 1 is 1.42 bits per heavy atom. The molecule has 0 unspecified atom stereocenters. The highest BCUT2D eigenvalue weighted by molar-refractivity contribution is 7.89. The molecule has 1 aliphatic carbocycles. The van der Waals surface area contributed by atoms with Gasteiger partial charge in [-0.1, -0.05) is 0 Å². The van der Waals surface area contributed by atoms with Crippen molar-refractivity contribution >= 4 is 21.4 Å². The third kappa shape index (κ3) is 2.82. The monoisotopic (exact) mass is 289 g/mol. The Labute approximate surface area is 109 Å². The highest BCUT2D eigenvalue weighted by atomic mass is 32.2. The van der Waals surface area contributed by atoms with E-state index in [-0.39, 0.29) is 11.7 Å². The first-order valence-corrected chi connectivity index (χ1v) is 7.01.